The van der Waals surface area contributed by atoms with Gasteiger partial charge in [0, 0.05) is 6.42 Å². The third-order valence-corrected chi connectivity index (χ3v) is 4.67. The fourth-order valence-corrected chi connectivity index (χ4v) is 3.48. The molecule has 0 aromatic carbocycles. The SMILES string of the molecule is CCCCCCCCCC1NCC[N+]1(CCO)CC(=O)O.[OH-]. The van der Waals surface area contributed by atoms with Crippen LogP contribution in [0.1, 0.15) is 58.3 Å². The summed E-state index contributed by atoms with van der Waals surface area (Å²) in [7, 11) is 0. The molecule has 1 saturated heterocycles. The minimum Gasteiger partial charge on any atom is -0.870 e. The number of rotatable bonds is 12. The predicted molar refractivity (Wildman–Crippen MR) is 85.9 cm³/mol. The molecule has 0 amide bonds. The van der Waals surface area contributed by atoms with Gasteiger partial charge in [-0.05, 0) is 6.42 Å². The third kappa shape index (κ3) is 7.05. The van der Waals surface area contributed by atoms with Crippen LogP contribution in [0.2, 0.25) is 0 Å². The smallest absolute Gasteiger partial charge is 0.359 e. The molecule has 132 valence electrons. The number of aliphatic carboxylic acids is 1. The Morgan fingerprint density at radius 1 is 1.18 bits per heavy atom. The molecule has 0 aromatic heterocycles. The Hall–Kier alpha value is -0.690. The second kappa shape index (κ2) is 11.8. The first-order chi connectivity index (χ1) is 10.1. The first kappa shape index (κ1) is 21.3. The van der Waals surface area contributed by atoms with Gasteiger partial charge in [-0.25, -0.2) is 4.79 Å². The predicted octanol–water partition coefficient (Wildman–Crippen LogP) is 1.77. The van der Waals surface area contributed by atoms with Crippen molar-refractivity contribution < 1.29 is 25.0 Å². The first-order valence-electron chi connectivity index (χ1n) is 8.56. The summed E-state index contributed by atoms with van der Waals surface area (Å²) >= 11 is 0. The number of hydrogen-bond acceptors (Lipinski definition) is 4. The van der Waals surface area contributed by atoms with E-state index in [1.165, 1.54) is 38.5 Å². The molecule has 6 nitrogen and oxygen atoms in total. The van der Waals surface area contributed by atoms with Crippen LogP contribution in [-0.4, -0.2) is 65.1 Å². The molecule has 1 aliphatic heterocycles. The molecule has 6 heteroatoms. The second-order valence-corrected chi connectivity index (χ2v) is 6.32. The second-order valence-electron chi connectivity index (χ2n) is 6.32. The van der Waals surface area contributed by atoms with E-state index < -0.39 is 5.97 Å². The van der Waals surface area contributed by atoms with Crippen LogP contribution in [0.25, 0.3) is 0 Å². The van der Waals surface area contributed by atoms with Gasteiger partial charge in [-0.3, -0.25) is 9.80 Å². The molecule has 0 saturated carbocycles. The summed E-state index contributed by atoms with van der Waals surface area (Å²) in [5.41, 5.74) is 0. The Morgan fingerprint density at radius 3 is 2.41 bits per heavy atom. The van der Waals surface area contributed by atoms with Crippen LogP contribution in [-0.2, 0) is 4.79 Å². The molecular formula is C16H34N2O4. The quantitative estimate of drug-likeness (QED) is 0.376. The van der Waals surface area contributed by atoms with Gasteiger partial charge in [0.05, 0.1) is 19.7 Å². The van der Waals surface area contributed by atoms with Crippen LogP contribution < -0.4 is 5.32 Å². The third-order valence-electron chi connectivity index (χ3n) is 4.67. The maximum atomic E-state index is 11.1. The summed E-state index contributed by atoms with van der Waals surface area (Å²) in [6, 6.07) is 0. The average Bonchev–Trinajstić information content (AvgIpc) is 2.80. The van der Waals surface area contributed by atoms with E-state index in [1.807, 2.05) is 0 Å². The molecule has 2 unspecified atom stereocenters. The molecule has 1 heterocycles. The highest BCUT2D eigenvalue weighted by atomic mass is 16.4. The van der Waals surface area contributed by atoms with Crippen molar-refractivity contribution >= 4 is 5.97 Å². The van der Waals surface area contributed by atoms with Crippen molar-refractivity contribution in [3.05, 3.63) is 0 Å². The van der Waals surface area contributed by atoms with Crippen molar-refractivity contribution in [3.63, 3.8) is 0 Å². The van der Waals surface area contributed by atoms with Crippen molar-refractivity contribution in [2.45, 2.75) is 64.5 Å². The summed E-state index contributed by atoms with van der Waals surface area (Å²) in [5, 5.41) is 21.9. The molecule has 4 N–H and O–H groups in total. The van der Waals surface area contributed by atoms with Crippen LogP contribution >= 0.6 is 0 Å². The number of hydrogen-bond donors (Lipinski definition) is 3. The van der Waals surface area contributed by atoms with Crippen LogP contribution in [0, 0.1) is 0 Å². The Kier molecular flexibility index (Phi) is 11.5. The number of nitrogens with zero attached hydrogens (tertiary/aromatic N) is 1. The number of aliphatic hydroxyl groups is 1. The van der Waals surface area contributed by atoms with Gasteiger partial charge >= 0.3 is 5.97 Å². The highest BCUT2D eigenvalue weighted by molar-refractivity contribution is 5.68. The number of quaternary nitrogens is 1. The van der Waals surface area contributed by atoms with Gasteiger partial charge in [0.25, 0.3) is 0 Å². The van der Waals surface area contributed by atoms with E-state index in [2.05, 4.69) is 12.2 Å². The molecule has 0 radical (unpaired) electrons. The van der Waals surface area contributed by atoms with Crippen molar-refractivity contribution in [1.82, 2.24) is 5.32 Å². The van der Waals surface area contributed by atoms with Crippen molar-refractivity contribution in [1.29, 1.82) is 0 Å². The largest absolute Gasteiger partial charge is 0.870 e. The number of nitrogens with one attached hydrogen (secondary N) is 1. The summed E-state index contributed by atoms with van der Waals surface area (Å²) in [6.07, 6.45) is 10.1. The van der Waals surface area contributed by atoms with E-state index in [1.54, 1.807) is 0 Å². The van der Waals surface area contributed by atoms with Gasteiger partial charge in [-0.15, -0.1) is 0 Å². The van der Waals surface area contributed by atoms with E-state index in [9.17, 15) is 9.90 Å². The van der Waals surface area contributed by atoms with E-state index in [-0.39, 0.29) is 24.8 Å². The van der Waals surface area contributed by atoms with Crippen LogP contribution in [0.5, 0.6) is 0 Å². The molecule has 1 aliphatic rings. The summed E-state index contributed by atoms with van der Waals surface area (Å²) in [5.74, 6) is -0.767. The van der Waals surface area contributed by atoms with Crippen molar-refractivity contribution in [3.8, 4) is 0 Å². The molecule has 1 rings (SSSR count). The highest BCUT2D eigenvalue weighted by Crippen LogP contribution is 2.22. The highest BCUT2D eigenvalue weighted by Gasteiger charge is 2.42. The maximum Gasteiger partial charge on any atom is 0.359 e. The molecule has 0 aromatic rings. The lowest BCUT2D eigenvalue weighted by molar-refractivity contribution is -0.934. The Bertz CT molecular complexity index is 302. The normalized spacial score (nSPS) is 24.2. The monoisotopic (exact) mass is 318 g/mol. The van der Waals surface area contributed by atoms with Gasteiger partial charge in [0.15, 0.2) is 6.54 Å². The molecule has 22 heavy (non-hydrogen) atoms. The minimum absolute atomic E-state index is 0. The van der Waals surface area contributed by atoms with Crippen LogP contribution in [0.15, 0.2) is 0 Å². The van der Waals surface area contributed by atoms with E-state index in [0.717, 1.165) is 25.9 Å². The summed E-state index contributed by atoms with van der Waals surface area (Å²) < 4.78 is 0.502. The lowest BCUT2D eigenvalue weighted by atomic mass is 10.1. The maximum absolute atomic E-state index is 11.1. The standard InChI is InChI=1S/C16H32N2O3.H2O/c1-2-3-4-5-6-7-8-9-15-17-10-11-18(15,12-13-19)14-16(20)21;/h15,17,19H,2-14H2,1H3;1H2. The van der Waals surface area contributed by atoms with E-state index >= 15 is 0 Å². The number of unbranched alkanes of at least 4 members (excludes halogenated alkanes) is 6. The molecular weight excluding hydrogens is 284 g/mol. The Balaban J connectivity index is 0.00000441. The van der Waals surface area contributed by atoms with Crippen LogP contribution in [0.3, 0.4) is 0 Å². The fraction of sp³-hybridized carbons (Fsp3) is 0.938. The molecule has 0 aliphatic carbocycles. The van der Waals surface area contributed by atoms with Gasteiger partial charge in [0.1, 0.15) is 12.7 Å². The number of carboxylic acids is 1. The number of carboxylic acid groups (broad SMARTS) is 1. The zero-order valence-corrected chi connectivity index (χ0v) is 14.0. The Labute approximate surface area is 134 Å². The average molecular weight is 318 g/mol. The lowest BCUT2D eigenvalue weighted by Gasteiger charge is -2.37. The molecule has 2 atom stereocenters. The minimum atomic E-state index is -0.767. The van der Waals surface area contributed by atoms with Crippen molar-refractivity contribution in [2.24, 2.45) is 0 Å². The zero-order valence-electron chi connectivity index (χ0n) is 14.0. The van der Waals surface area contributed by atoms with E-state index in [0.29, 0.717) is 11.0 Å². The van der Waals surface area contributed by atoms with Gasteiger partial charge in [-0.2, -0.15) is 0 Å². The number of aliphatic hydroxyl groups excluding tert-OH is 1. The van der Waals surface area contributed by atoms with Crippen LogP contribution in [0.4, 0.5) is 0 Å². The summed E-state index contributed by atoms with van der Waals surface area (Å²) in [6.45, 7) is 4.62. The fourth-order valence-electron chi connectivity index (χ4n) is 3.48. The molecule has 1 fully saturated rings. The van der Waals surface area contributed by atoms with Gasteiger partial charge in [0.2, 0.25) is 0 Å². The van der Waals surface area contributed by atoms with Gasteiger partial charge in [-0.1, -0.05) is 45.4 Å². The first-order valence-corrected chi connectivity index (χ1v) is 8.56. The van der Waals surface area contributed by atoms with Gasteiger partial charge < -0.3 is 15.7 Å². The van der Waals surface area contributed by atoms with Crippen molar-refractivity contribution in [2.75, 3.05) is 32.8 Å². The Morgan fingerprint density at radius 2 is 1.82 bits per heavy atom. The number of carbonyl (C=O) groups is 1. The molecule has 0 spiro atoms. The lowest BCUT2D eigenvalue weighted by Crippen LogP contribution is -2.58. The topological polar surface area (TPSA) is 99.6 Å². The zero-order chi connectivity index (χ0) is 15.6. The molecule has 0 bridgehead atoms. The van der Waals surface area contributed by atoms with E-state index in [4.69, 9.17) is 5.11 Å². The summed E-state index contributed by atoms with van der Waals surface area (Å²) in [4.78, 5) is 11.1.